The van der Waals surface area contributed by atoms with Crippen molar-refractivity contribution in [3.63, 3.8) is 0 Å². The molecule has 0 bridgehead atoms. The molecule has 2 heterocycles. The molecule has 3 nitrogen and oxygen atoms in total. The minimum atomic E-state index is -0.669. The first-order valence-electron chi connectivity index (χ1n) is 9.70. The lowest BCUT2D eigenvalue weighted by atomic mass is 9.93. The number of nitrogens with zero attached hydrogens (tertiary/aromatic N) is 1. The summed E-state index contributed by atoms with van der Waals surface area (Å²) in [5.41, 5.74) is 1.25. The molecule has 0 amide bonds. The molecule has 1 fully saturated rings. The first-order chi connectivity index (χ1) is 13.2. The molecule has 2 unspecified atom stereocenters. The van der Waals surface area contributed by atoms with Crippen molar-refractivity contribution in [2.75, 3.05) is 13.1 Å². The summed E-state index contributed by atoms with van der Waals surface area (Å²) in [6, 6.07) is 19.7. The quantitative estimate of drug-likeness (QED) is 0.650. The first kappa shape index (κ1) is 18.2. The summed E-state index contributed by atoms with van der Waals surface area (Å²) in [5.74, 6) is -0.940. The lowest BCUT2D eigenvalue weighted by Crippen LogP contribution is -2.41. The lowest BCUT2D eigenvalue weighted by molar-refractivity contribution is -0.143. The van der Waals surface area contributed by atoms with Gasteiger partial charge in [0.05, 0.1) is 12.0 Å². The van der Waals surface area contributed by atoms with Gasteiger partial charge in [-0.25, -0.2) is 0 Å². The molecule has 2 atom stereocenters. The van der Waals surface area contributed by atoms with Crippen molar-refractivity contribution < 1.29 is 9.90 Å². The van der Waals surface area contributed by atoms with E-state index in [2.05, 4.69) is 66.4 Å². The number of rotatable bonds is 5. The zero-order valence-electron chi connectivity index (χ0n) is 15.6. The number of hydrogen-bond donors (Lipinski definition) is 1. The Morgan fingerprint density at radius 1 is 1.19 bits per heavy atom. The van der Waals surface area contributed by atoms with Crippen LogP contribution in [0, 0.1) is 5.92 Å². The molecule has 4 heteroatoms. The second-order valence-electron chi connectivity index (χ2n) is 7.34. The molecule has 1 aromatic heterocycles. The molecule has 1 aliphatic rings. The summed E-state index contributed by atoms with van der Waals surface area (Å²) >= 11 is 1.86. The van der Waals surface area contributed by atoms with Gasteiger partial charge in [0.15, 0.2) is 0 Å². The second kappa shape index (κ2) is 7.83. The van der Waals surface area contributed by atoms with Crippen molar-refractivity contribution in [3.8, 4) is 0 Å². The van der Waals surface area contributed by atoms with Gasteiger partial charge in [-0.3, -0.25) is 9.69 Å². The predicted octanol–water partition coefficient (Wildman–Crippen LogP) is 5.35. The van der Waals surface area contributed by atoms with Gasteiger partial charge in [-0.15, -0.1) is 11.3 Å². The highest BCUT2D eigenvalue weighted by atomic mass is 32.1. The highest BCUT2D eigenvalue weighted by molar-refractivity contribution is 7.12. The number of thiophene rings is 1. The highest BCUT2D eigenvalue weighted by Gasteiger charge is 2.32. The first-order valence-corrected chi connectivity index (χ1v) is 10.5. The van der Waals surface area contributed by atoms with Crippen LogP contribution in [0.4, 0.5) is 0 Å². The minimum absolute atomic E-state index is 0.127. The number of carboxylic acid groups (broad SMARTS) is 1. The van der Waals surface area contributed by atoms with E-state index in [1.54, 1.807) is 0 Å². The van der Waals surface area contributed by atoms with E-state index in [1.807, 2.05) is 11.3 Å². The van der Waals surface area contributed by atoms with Crippen LogP contribution < -0.4 is 0 Å². The van der Waals surface area contributed by atoms with Gasteiger partial charge in [-0.1, -0.05) is 43.3 Å². The fourth-order valence-corrected chi connectivity index (χ4v) is 5.22. The maximum absolute atomic E-state index is 11.6. The number of carboxylic acids is 1. The number of benzene rings is 2. The summed E-state index contributed by atoms with van der Waals surface area (Å²) in [5, 5.41) is 12.0. The van der Waals surface area contributed by atoms with Crippen LogP contribution in [0.25, 0.3) is 10.8 Å². The Morgan fingerprint density at radius 2 is 2.00 bits per heavy atom. The van der Waals surface area contributed by atoms with Crippen LogP contribution in [-0.4, -0.2) is 29.1 Å². The van der Waals surface area contributed by atoms with E-state index < -0.39 is 5.97 Å². The molecule has 27 heavy (non-hydrogen) atoms. The summed E-state index contributed by atoms with van der Waals surface area (Å²) in [6.45, 7) is 3.74. The van der Waals surface area contributed by atoms with Crippen LogP contribution in [0.5, 0.6) is 0 Å². The topological polar surface area (TPSA) is 40.5 Å². The fourth-order valence-electron chi connectivity index (χ4n) is 4.11. The van der Waals surface area contributed by atoms with Gasteiger partial charge < -0.3 is 5.11 Å². The van der Waals surface area contributed by atoms with E-state index in [0.717, 1.165) is 25.8 Å². The standard InChI is InChI=1S/C23H25NO2S/c1-2-20-11-12-21(27-20)22(24-13-5-8-19(15-24)23(25)26)18-10-9-16-6-3-4-7-17(16)14-18/h3-4,6-7,9-12,14,19,22H,2,5,8,13,15H2,1H3,(H,25,26). The monoisotopic (exact) mass is 379 g/mol. The van der Waals surface area contributed by atoms with Gasteiger partial charge >= 0.3 is 5.97 Å². The lowest BCUT2D eigenvalue weighted by Gasteiger charge is -2.37. The Kier molecular flexibility index (Phi) is 5.28. The van der Waals surface area contributed by atoms with Crippen molar-refractivity contribution in [1.82, 2.24) is 4.90 Å². The Hall–Kier alpha value is -2.17. The maximum atomic E-state index is 11.6. The third-order valence-corrected chi connectivity index (χ3v) is 6.84. The Labute approximate surface area is 164 Å². The van der Waals surface area contributed by atoms with Crippen molar-refractivity contribution in [2.45, 2.75) is 32.2 Å². The highest BCUT2D eigenvalue weighted by Crippen LogP contribution is 2.37. The van der Waals surface area contributed by atoms with Crippen LogP contribution in [-0.2, 0) is 11.2 Å². The van der Waals surface area contributed by atoms with Crippen LogP contribution >= 0.6 is 11.3 Å². The number of hydrogen-bond acceptors (Lipinski definition) is 3. The fraction of sp³-hybridized carbons (Fsp3) is 0.348. The number of aliphatic carboxylic acids is 1. The van der Waals surface area contributed by atoms with Crippen LogP contribution in [0.15, 0.2) is 54.6 Å². The third kappa shape index (κ3) is 3.78. The SMILES string of the molecule is CCc1ccc(C(c2ccc3ccccc3c2)N2CCCC(C(=O)O)C2)s1. The molecular formula is C23H25NO2S. The van der Waals surface area contributed by atoms with Crippen molar-refractivity contribution in [2.24, 2.45) is 5.92 Å². The number of likely N-dealkylation sites (tertiary alicyclic amines) is 1. The number of fused-ring (bicyclic) bond motifs is 1. The smallest absolute Gasteiger partial charge is 0.307 e. The molecule has 3 aromatic rings. The largest absolute Gasteiger partial charge is 0.481 e. The molecule has 2 aromatic carbocycles. The summed E-state index contributed by atoms with van der Waals surface area (Å²) < 4.78 is 0. The average Bonchev–Trinajstić information content (AvgIpc) is 3.17. The van der Waals surface area contributed by atoms with E-state index >= 15 is 0 Å². The minimum Gasteiger partial charge on any atom is -0.481 e. The van der Waals surface area contributed by atoms with E-state index in [4.69, 9.17) is 0 Å². The molecule has 140 valence electrons. The van der Waals surface area contributed by atoms with Crippen LogP contribution in [0.1, 0.15) is 41.1 Å². The molecule has 1 N–H and O–H groups in total. The summed E-state index contributed by atoms with van der Waals surface area (Å²) in [7, 11) is 0. The van der Waals surface area contributed by atoms with E-state index in [-0.39, 0.29) is 12.0 Å². The number of aryl methyl sites for hydroxylation is 1. The second-order valence-corrected chi connectivity index (χ2v) is 8.54. The molecule has 0 aliphatic carbocycles. The van der Waals surface area contributed by atoms with Crippen LogP contribution in [0.2, 0.25) is 0 Å². The zero-order valence-corrected chi connectivity index (χ0v) is 16.4. The van der Waals surface area contributed by atoms with Gasteiger partial charge in [0.2, 0.25) is 0 Å². The van der Waals surface area contributed by atoms with Gasteiger partial charge in [0, 0.05) is 16.3 Å². The average molecular weight is 380 g/mol. The Balaban J connectivity index is 1.76. The molecule has 4 rings (SSSR count). The van der Waals surface area contributed by atoms with E-state index in [9.17, 15) is 9.90 Å². The van der Waals surface area contributed by atoms with Crippen molar-refractivity contribution in [3.05, 3.63) is 69.9 Å². The van der Waals surface area contributed by atoms with Gasteiger partial charge in [-0.05, 0) is 60.3 Å². The summed E-state index contributed by atoms with van der Waals surface area (Å²) in [6.07, 6.45) is 2.75. The molecule has 1 aliphatic heterocycles. The molecule has 1 saturated heterocycles. The van der Waals surface area contributed by atoms with Gasteiger partial charge in [0.25, 0.3) is 0 Å². The van der Waals surface area contributed by atoms with Crippen molar-refractivity contribution >= 4 is 28.1 Å². The zero-order chi connectivity index (χ0) is 18.8. The predicted molar refractivity (Wildman–Crippen MR) is 111 cm³/mol. The third-order valence-electron chi connectivity index (χ3n) is 5.56. The maximum Gasteiger partial charge on any atom is 0.307 e. The molecular weight excluding hydrogens is 354 g/mol. The number of carbonyl (C=O) groups is 1. The van der Waals surface area contributed by atoms with Crippen molar-refractivity contribution in [1.29, 1.82) is 0 Å². The number of piperidine rings is 1. The van der Waals surface area contributed by atoms with E-state index in [0.29, 0.717) is 6.54 Å². The van der Waals surface area contributed by atoms with E-state index in [1.165, 1.54) is 26.1 Å². The molecule has 0 radical (unpaired) electrons. The molecule has 0 spiro atoms. The van der Waals surface area contributed by atoms with Crippen LogP contribution in [0.3, 0.4) is 0 Å². The molecule has 0 saturated carbocycles. The van der Waals surface area contributed by atoms with Gasteiger partial charge in [-0.2, -0.15) is 0 Å². The Morgan fingerprint density at radius 3 is 2.74 bits per heavy atom. The van der Waals surface area contributed by atoms with Gasteiger partial charge in [0.1, 0.15) is 0 Å². The Bertz CT molecular complexity index is 948. The normalized spacial score (nSPS) is 19.2. The summed E-state index contributed by atoms with van der Waals surface area (Å²) in [4.78, 5) is 16.7.